The van der Waals surface area contributed by atoms with Gasteiger partial charge in [0.25, 0.3) is 0 Å². The van der Waals surface area contributed by atoms with Crippen LogP contribution in [-0.4, -0.2) is 36.8 Å². The summed E-state index contributed by atoms with van der Waals surface area (Å²) >= 11 is 1.94. The van der Waals surface area contributed by atoms with E-state index in [1.165, 1.54) is 16.2 Å². The van der Waals surface area contributed by atoms with Crippen molar-refractivity contribution in [3.05, 3.63) is 46.6 Å². The SMILES string of the molecule is C#CC(C)/C=C\C(SC1CC=CC=C1N(C)CCNCC)=C(C)C.CC. The van der Waals surface area contributed by atoms with Crippen LogP contribution >= 0.6 is 11.8 Å². The Balaban J connectivity index is 0.00000301. The summed E-state index contributed by atoms with van der Waals surface area (Å²) in [7, 11) is 2.19. The number of likely N-dealkylation sites (N-methyl/N-ethyl adjacent to an activating group) is 2. The second kappa shape index (κ2) is 14.8. The lowest BCUT2D eigenvalue weighted by molar-refractivity contribution is 0.398. The lowest BCUT2D eigenvalue weighted by Crippen LogP contribution is -2.32. The quantitative estimate of drug-likeness (QED) is 0.320. The van der Waals surface area contributed by atoms with E-state index in [0.29, 0.717) is 5.25 Å². The van der Waals surface area contributed by atoms with Crippen LogP contribution in [0.25, 0.3) is 0 Å². The Bertz CT molecular complexity index is 545. The number of allylic oxidation sites excluding steroid dienone is 6. The third-order valence-corrected chi connectivity index (χ3v) is 5.48. The van der Waals surface area contributed by atoms with E-state index in [-0.39, 0.29) is 5.92 Å². The molecule has 0 saturated heterocycles. The minimum Gasteiger partial charge on any atom is -0.376 e. The average molecular weight is 375 g/mol. The van der Waals surface area contributed by atoms with Crippen LogP contribution in [0, 0.1) is 18.3 Å². The van der Waals surface area contributed by atoms with Gasteiger partial charge in [-0.25, -0.2) is 0 Å². The predicted octanol–water partition coefficient (Wildman–Crippen LogP) is 5.62. The van der Waals surface area contributed by atoms with Crippen molar-refractivity contribution in [3.8, 4) is 12.3 Å². The zero-order valence-corrected chi connectivity index (χ0v) is 18.6. The standard InChI is InChI=1S/C21H32N2S.C2H6/c1-7-18(5)13-14-20(17(3)4)24-21-12-10-9-11-19(21)23(6)16-15-22-8-2;1-2/h1,9-11,13-14,18,21-22H,8,12,15-16H2,2-6H3;1-2H3/b14-13-;. The summed E-state index contributed by atoms with van der Waals surface area (Å²) in [4.78, 5) is 3.70. The fourth-order valence-electron chi connectivity index (χ4n) is 2.40. The monoisotopic (exact) mass is 374 g/mol. The van der Waals surface area contributed by atoms with Crippen LogP contribution in [0.2, 0.25) is 0 Å². The number of hydrogen-bond acceptors (Lipinski definition) is 3. The molecule has 2 nitrogen and oxygen atoms in total. The number of hydrogen-bond donors (Lipinski definition) is 1. The van der Waals surface area contributed by atoms with E-state index in [9.17, 15) is 0 Å². The maximum Gasteiger partial charge on any atom is 0.0528 e. The van der Waals surface area contributed by atoms with Crippen LogP contribution in [0.1, 0.15) is 48.0 Å². The second-order valence-electron chi connectivity index (χ2n) is 6.32. The van der Waals surface area contributed by atoms with Gasteiger partial charge in [0.2, 0.25) is 0 Å². The largest absolute Gasteiger partial charge is 0.376 e. The molecule has 0 aliphatic heterocycles. The molecule has 0 spiro atoms. The van der Waals surface area contributed by atoms with E-state index in [1.54, 1.807) is 0 Å². The first-order chi connectivity index (χ1) is 12.5. The Hall–Kier alpha value is -1.37. The Morgan fingerprint density at radius 1 is 1.46 bits per heavy atom. The summed E-state index contributed by atoms with van der Waals surface area (Å²) in [5.41, 5.74) is 2.74. The molecule has 1 aliphatic carbocycles. The van der Waals surface area contributed by atoms with Gasteiger partial charge in [-0.3, -0.25) is 0 Å². The minimum absolute atomic E-state index is 0.170. The molecule has 2 unspecified atom stereocenters. The molecule has 26 heavy (non-hydrogen) atoms. The van der Waals surface area contributed by atoms with Crippen molar-refractivity contribution in [2.75, 3.05) is 26.7 Å². The highest BCUT2D eigenvalue weighted by Gasteiger charge is 2.20. The summed E-state index contributed by atoms with van der Waals surface area (Å²) < 4.78 is 0. The van der Waals surface area contributed by atoms with Gasteiger partial charge >= 0.3 is 0 Å². The van der Waals surface area contributed by atoms with Crippen molar-refractivity contribution in [1.82, 2.24) is 10.2 Å². The molecule has 0 aromatic carbocycles. The van der Waals surface area contributed by atoms with Crippen molar-refractivity contribution >= 4 is 11.8 Å². The van der Waals surface area contributed by atoms with E-state index in [2.05, 4.69) is 74.3 Å². The molecule has 2 atom stereocenters. The van der Waals surface area contributed by atoms with E-state index >= 15 is 0 Å². The third kappa shape index (κ3) is 9.36. The molecule has 0 saturated carbocycles. The molecule has 1 N–H and O–H groups in total. The number of rotatable bonds is 9. The van der Waals surface area contributed by atoms with Crippen molar-refractivity contribution < 1.29 is 0 Å². The van der Waals surface area contributed by atoms with Crippen molar-refractivity contribution in [3.63, 3.8) is 0 Å². The molecular formula is C23H38N2S. The third-order valence-electron chi connectivity index (χ3n) is 3.96. The summed E-state index contributed by atoms with van der Waals surface area (Å²) in [6.07, 6.45) is 17.5. The molecule has 0 aromatic rings. The highest BCUT2D eigenvalue weighted by molar-refractivity contribution is 8.04. The predicted molar refractivity (Wildman–Crippen MR) is 121 cm³/mol. The lowest BCUT2D eigenvalue weighted by Gasteiger charge is -2.30. The van der Waals surface area contributed by atoms with Crippen molar-refractivity contribution in [1.29, 1.82) is 0 Å². The van der Waals surface area contributed by atoms with Crippen LogP contribution in [0.15, 0.2) is 46.6 Å². The fourth-order valence-corrected chi connectivity index (χ4v) is 3.68. The zero-order chi connectivity index (χ0) is 19.9. The summed E-state index contributed by atoms with van der Waals surface area (Å²) in [5.74, 6) is 2.93. The van der Waals surface area contributed by atoms with Crippen LogP contribution in [0.3, 0.4) is 0 Å². The van der Waals surface area contributed by atoms with E-state index in [4.69, 9.17) is 6.42 Å². The first-order valence-electron chi connectivity index (χ1n) is 9.76. The maximum atomic E-state index is 5.48. The second-order valence-corrected chi connectivity index (χ2v) is 7.56. The maximum absolute atomic E-state index is 5.48. The first kappa shape index (κ1) is 24.6. The van der Waals surface area contributed by atoms with Crippen LogP contribution in [0.4, 0.5) is 0 Å². The Morgan fingerprint density at radius 2 is 2.15 bits per heavy atom. The summed E-state index contributed by atoms with van der Waals surface area (Å²) in [6, 6.07) is 0. The molecule has 1 aliphatic rings. The van der Waals surface area contributed by atoms with Gasteiger partial charge in [-0.05, 0) is 39.8 Å². The van der Waals surface area contributed by atoms with Gasteiger partial charge in [0.15, 0.2) is 0 Å². The lowest BCUT2D eigenvalue weighted by atomic mass is 10.1. The molecule has 0 bridgehead atoms. The Labute approximate surface area is 166 Å². The van der Waals surface area contributed by atoms with Crippen LogP contribution in [-0.2, 0) is 0 Å². The van der Waals surface area contributed by atoms with Gasteiger partial charge in [-0.2, -0.15) is 0 Å². The van der Waals surface area contributed by atoms with E-state index < -0.39 is 0 Å². The fraction of sp³-hybridized carbons (Fsp3) is 0.565. The molecule has 0 heterocycles. The van der Waals surface area contributed by atoms with E-state index in [1.807, 2.05) is 32.5 Å². The summed E-state index contributed by atoms with van der Waals surface area (Å²) in [5, 5.41) is 3.85. The van der Waals surface area contributed by atoms with Crippen LogP contribution in [0.5, 0.6) is 0 Å². The van der Waals surface area contributed by atoms with Crippen LogP contribution < -0.4 is 5.32 Å². The van der Waals surface area contributed by atoms with Crippen molar-refractivity contribution in [2.45, 2.75) is 53.2 Å². The average Bonchev–Trinajstić information content (AvgIpc) is 2.66. The van der Waals surface area contributed by atoms with Gasteiger partial charge in [0, 0.05) is 36.7 Å². The minimum atomic E-state index is 0.170. The van der Waals surface area contributed by atoms with Gasteiger partial charge in [0.05, 0.1) is 5.25 Å². The number of terminal acetylenes is 1. The molecule has 1 rings (SSSR count). The highest BCUT2D eigenvalue weighted by atomic mass is 32.2. The molecular weight excluding hydrogens is 336 g/mol. The Kier molecular flexibility index (Phi) is 14.0. The molecule has 0 amide bonds. The summed E-state index contributed by atoms with van der Waals surface area (Å²) in [6.45, 7) is 15.6. The topological polar surface area (TPSA) is 15.3 Å². The van der Waals surface area contributed by atoms with Gasteiger partial charge < -0.3 is 10.2 Å². The number of nitrogens with zero attached hydrogens (tertiary/aromatic N) is 1. The van der Waals surface area contributed by atoms with E-state index in [0.717, 1.165) is 26.1 Å². The highest BCUT2D eigenvalue weighted by Crippen LogP contribution is 2.35. The smallest absolute Gasteiger partial charge is 0.0528 e. The van der Waals surface area contributed by atoms with Crippen molar-refractivity contribution in [2.24, 2.45) is 5.92 Å². The molecule has 0 radical (unpaired) electrons. The first-order valence-corrected chi connectivity index (χ1v) is 10.6. The molecule has 3 heteroatoms. The zero-order valence-electron chi connectivity index (χ0n) is 17.8. The normalized spacial score (nSPS) is 17.0. The van der Waals surface area contributed by atoms with Gasteiger partial charge in [0.1, 0.15) is 0 Å². The Morgan fingerprint density at radius 3 is 2.73 bits per heavy atom. The van der Waals surface area contributed by atoms with Gasteiger partial charge in [-0.15, -0.1) is 18.2 Å². The molecule has 0 fully saturated rings. The number of nitrogens with one attached hydrogen (secondary N) is 1. The molecule has 0 aromatic heterocycles. The number of thioether (sulfide) groups is 1. The van der Waals surface area contributed by atoms with Gasteiger partial charge in [-0.1, -0.05) is 56.6 Å². The molecule has 146 valence electrons.